The lowest BCUT2D eigenvalue weighted by atomic mass is 9.99. The van der Waals surface area contributed by atoms with Gasteiger partial charge in [-0.15, -0.1) is 0 Å². The number of nitrogens with zero attached hydrogens (tertiary/aromatic N) is 2. The first kappa shape index (κ1) is 23.8. The Morgan fingerprint density at radius 1 is 1.23 bits per heavy atom. The van der Waals surface area contributed by atoms with Gasteiger partial charge < -0.3 is 9.64 Å². The van der Waals surface area contributed by atoms with E-state index >= 15 is 0 Å². The van der Waals surface area contributed by atoms with E-state index in [0.29, 0.717) is 34.1 Å². The zero-order valence-electron chi connectivity index (χ0n) is 18.5. The van der Waals surface area contributed by atoms with Crippen LogP contribution in [0, 0.1) is 0 Å². The summed E-state index contributed by atoms with van der Waals surface area (Å²) in [5.41, 5.74) is 0.947. The fourth-order valence-electron chi connectivity index (χ4n) is 4.16. The monoisotopic (exact) mass is 460 g/mol. The van der Waals surface area contributed by atoms with E-state index in [4.69, 9.17) is 17.0 Å². The molecule has 0 bridgehead atoms. The number of thiocarbonyl (C=S) groups is 1. The van der Waals surface area contributed by atoms with Gasteiger partial charge in [0.05, 0.1) is 12.0 Å². The highest BCUT2D eigenvalue weighted by molar-refractivity contribution is 8.26. The van der Waals surface area contributed by atoms with E-state index in [1.807, 2.05) is 30.3 Å². The first-order valence-corrected chi connectivity index (χ1v) is 12.4. The molecule has 168 valence electrons. The first-order chi connectivity index (χ1) is 15.0. The zero-order chi connectivity index (χ0) is 22.2. The smallest absolute Gasteiger partial charge is 0.266 e. The van der Waals surface area contributed by atoms with Crippen molar-refractivity contribution in [2.75, 3.05) is 20.2 Å². The van der Waals surface area contributed by atoms with Crippen molar-refractivity contribution in [3.8, 4) is 5.75 Å². The van der Waals surface area contributed by atoms with Gasteiger partial charge in [-0.05, 0) is 62.3 Å². The molecule has 7 heteroatoms. The van der Waals surface area contributed by atoms with Crippen molar-refractivity contribution in [2.24, 2.45) is 0 Å². The number of amides is 2. The van der Waals surface area contributed by atoms with Gasteiger partial charge >= 0.3 is 0 Å². The van der Waals surface area contributed by atoms with Crippen LogP contribution in [0.25, 0.3) is 6.08 Å². The standard InChI is InChI=1S/C24H32N2O3S2/c1-3-19-9-6-8-15-25(19)22(27)10-5-4-7-16-26-23(28)21(31-24(26)30)17-18-11-13-20(29-2)14-12-18/h11-14,17,19H,3-10,15-16H2,1-2H3/b21-17-/t19-/m1/s1. The largest absolute Gasteiger partial charge is 0.497 e. The van der Waals surface area contributed by atoms with Crippen molar-refractivity contribution in [3.63, 3.8) is 0 Å². The van der Waals surface area contributed by atoms with Crippen molar-refractivity contribution >= 4 is 46.2 Å². The number of carbonyl (C=O) groups is 2. The molecule has 0 aromatic heterocycles. The molecule has 2 heterocycles. The summed E-state index contributed by atoms with van der Waals surface area (Å²) < 4.78 is 5.78. The molecule has 0 saturated carbocycles. The van der Waals surface area contributed by atoms with Crippen LogP contribution in [0.4, 0.5) is 0 Å². The van der Waals surface area contributed by atoms with Crippen LogP contribution in [-0.2, 0) is 9.59 Å². The molecule has 1 atom stereocenters. The fraction of sp³-hybridized carbons (Fsp3) is 0.542. The second kappa shape index (κ2) is 11.7. The quantitative estimate of drug-likeness (QED) is 0.286. The Hall–Kier alpha value is -1.86. The van der Waals surface area contributed by atoms with Crippen LogP contribution in [0.5, 0.6) is 5.75 Å². The first-order valence-electron chi connectivity index (χ1n) is 11.2. The highest BCUT2D eigenvalue weighted by Gasteiger charge is 2.31. The lowest BCUT2D eigenvalue weighted by Crippen LogP contribution is -2.43. The molecule has 0 unspecified atom stereocenters. The number of hydrogen-bond donors (Lipinski definition) is 0. The maximum absolute atomic E-state index is 12.8. The van der Waals surface area contributed by atoms with Crippen LogP contribution in [0.1, 0.15) is 63.9 Å². The number of carbonyl (C=O) groups excluding carboxylic acids is 2. The number of likely N-dealkylation sites (tertiary alicyclic amines) is 1. The number of benzene rings is 1. The third-order valence-corrected chi connectivity index (χ3v) is 7.36. The van der Waals surface area contributed by atoms with Crippen LogP contribution < -0.4 is 4.74 Å². The Labute approximate surface area is 195 Å². The van der Waals surface area contributed by atoms with Crippen LogP contribution in [0.15, 0.2) is 29.2 Å². The Kier molecular flexibility index (Phi) is 8.96. The van der Waals surface area contributed by atoms with Crippen LogP contribution >= 0.6 is 24.0 Å². The SMILES string of the molecule is CC[C@@H]1CCCCN1C(=O)CCCCCN1C(=O)/C(=C/c2ccc(OC)cc2)SC1=S. The third kappa shape index (κ3) is 6.32. The number of ether oxygens (including phenoxy) is 1. The minimum absolute atomic E-state index is 0.0269. The van der Waals surface area contributed by atoms with Crippen molar-refractivity contribution in [1.82, 2.24) is 9.80 Å². The molecule has 0 spiro atoms. The average Bonchev–Trinajstić information content (AvgIpc) is 3.06. The van der Waals surface area contributed by atoms with Crippen molar-refractivity contribution in [3.05, 3.63) is 34.7 Å². The maximum atomic E-state index is 12.8. The van der Waals surface area contributed by atoms with Gasteiger partial charge in [0.15, 0.2) is 0 Å². The molecule has 3 rings (SSSR count). The molecule has 2 amide bonds. The molecular formula is C24H32N2O3S2. The molecule has 0 radical (unpaired) electrons. The molecular weight excluding hydrogens is 428 g/mol. The molecule has 2 saturated heterocycles. The Balaban J connectivity index is 1.43. The topological polar surface area (TPSA) is 49.9 Å². The van der Waals surface area contributed by atoms with Gasteiger partial charge in [0, 0.05) is 25.6 Å². The molecule has 0 aliphatic carbocycles. The van der Waals surface area contributed by atoms with E-state index in [2.05, 4.69) is 11.8 Å². The highest BCUT2D eigenvalue weighted by atomic mass is 32.2. The number of rotatable bonds is 9. The number of methoxy groups -OCH3 is 1. The molecule has 5 nitrogen and oxygen atoms in total. The lowest BCUT2D eigenvalue weighted by Gasteiger charge is -2.35. The Bertz CT molecular complexity index is 823. The zero-order valence-corrected chi connectivity index (χ0v) is 20.1. The second-order valence-electron chi connectivity index (χ2n) is 8.06. The van der Waals surface area contributed by atoms with Crippen molar-refractivity contribution in [1.29, 1.82) is 0 Å². The maximum Gasteiger partial charge on any atom is 0.266 e. The van der Waals surface area contributed by atoms with Crippen LogP contribution in [-0.4, -0.2) is 52.2 Å². The number of unbranched alkanes of at least 4 members (excludes halogenated alkanes) is 2. The van der Waals surface area contributed by atoms with Gasteiger partial charge in [0.1, 0.15) is 10.1 Å². The molecule has 1 aromatic carbocycles. The minimum atomic E-state index is -0.0269. The molecule has 31 heavy (non-hydrogen) atoms. The predicted molar refractivity (Wildman–Crippen MR) is 131 cm³/mol. The number of thioether (sulfide) groups is 1. The molecule has 0 N–H and O–H groups in total. The summed E-state index contributed by atoms with van der Waals surface area (Å²) in [5.74, 6) is 1.05. The lowest BCUT2D eigenvalue weighted by molar-refractivity contribution is -0.135. The van der Waals surface area contributed by atoms with Crippen molar-refractivity contribution in [2.45, 2.75) is 64.3 Å². The van der Waals surface area contributed by atoms with Crippen LogP contribution in [0.3, 0.4) is 0 Å². The summed E-state index contributed by atoms with van der Waals surface area (Å²) >= 11 is 6.78. The Morgan fingerprint density at radius 3 is 2.71 bits per heavy atom. The van der Waals surface area contributed by atoms with E-state index in [0.717, 1.165) is 56.4 Å². The summed E-state index contributed by atoms with van der Waals surface area (Å²) in [6.07, 6.45) is 9.66. The van der Waals surface area contributed by atoms with Crippen LogP contribution in [0.2, 0.25) is 0 Å². The molecule has 2 aliphatic heterocycles. The van der Waals surface area contributed by atoms with Gasteiger partial charge in [-0.25, -0.2) is 0 Å². The summed E-state index contributed by atoms with van der Waals surface area (Å²) in [5, 5.41) is 0. The molecule has 2 fully saturated rings. The summed E-state index contributed by atoms with van der Waals surface area (Å²) in [7, 11) is 1.63. The highest BCUT2D eigenvalue weighted by Crippen LogP contribution is 2.33. The molecule has 1 aromatic rings. The summed E-state index contributed by atoms with van der Waals surface area (Å²) in [6.45, 7) is 3.69. The fourth-order valence-corrected chi connectivity index (χ4v) is 5.47. The predicted octanol–water partition coefficient (Wildman–Crippen LogP) is 5.25. The van der Waals surface area contributed by atoms with E-state index < -0.39 is 0 Å². The summed E-state index contributed by atoms with van der Waals surface area (Å²) in [4.78, 5) is 29.8. The van der Waals surface area contributed by atoms with Gasteiger partial charge in [-0.1, -0.05) is 49.5 Å². The van der Waals surface area contributed by atoms with E-state index in [1.165, 1.54) is 18.2 Å². The summed E-state index contributed by atoms with van der Waals surface area (Å²) in [6, 6.07) is 8.02. The third-order valence-electron chi connectivity index (χ3n) is 5.98. The Morgan fingerprint density at radius 2 is 2.00 bits per heavy atom. The van der Waals surface area contributed by atoms with E-state index in [9.17, 15) is 9.59 Å². The minimum Gasteiger partial charge on any atom is -0.497 e. The van der Waals surface area contributed by atoms with E-state index in [-0.39, 0.29) is 5.91 Å². The number of piperidine rings is 1. The molecule has 2 aliphatic rings. The van der Waals surface area contributed by atoms with E-state index in [1.54, 1.807) is 12.0 Å². The average molecular weight is 461 g/mol. The van der Waals surface area contributed by atoms with Gasteiger partial charge in [-0.2, -0.15) is 0 Å². The normalized spacial score (nSPS) is 20.6. The van der Waals surface area contributed by atoms with Crippen molar-refractivity contribution < 1.29 is 14.3 Å². The van der Waals surface area contributed by atoms with Gasteiger partial charge in [-0.3, -0.25) is 14.5 Å². The second-order valence-corrected chi connectivity index (χ2v) is 9.74. The van der Waals surface area contributed by atoms with Gasteiger partial charge in [0.2, 0.25) is 5.91 Å². The van der Waals surface area contributed by atoms with Gasteiger partial charge in [0.25, 0.3) is 5.91 Å². The number of hydrogen-bond acceptors (Lipinski definition) is 5.